The summed E-state index contributed by atoms with van der Waals surface area (Å²) < 4.78 is 0. The zero-order valence-corrected chi connectivity index (χ0v) is 10.2. The van der Waals surface area contributed by atoms with E-state index in [0.29, 0.717) is 13.0 Å². The lowest BCUT2D eigenvalue weighted by Gasteiger charge is -2.23. The van der Waals surface area contributed by atoms with Crippen molar-refractivity contribution in [2.75, 3.05) is 6.54 Å². The Balaban J connectivity index is 1.93. The number of urea groups is 1. The van der Waals surface area contributed by atoms with E-state index in [9.17, 15) is 9.59 Å². The van der Waals surface area contributed by atoms with Crippen LogP contribution in [0, 0.1) is 5.92 Å². The van der Waals surface area contributed by atoms with E-state index in [4.69, 9.17) is 5.11 Å². The van der Waals surface area contributed by atoms with Crippen LogP contribution in [0.5, 0.6) is 0 Å². The van der Waals surface area contributed by atoms with Crippen LogP contribution in [0.4, 0.5) is 4.79 Å². The highest BCUT2D eigenvalue weighted by Gasteiger charge is 2.51. The fourth-order valence-corrected chi connectivity index (χ4v) is 3.03. The minimum absolute atomic E-state index is 0.0744. The highest BCUT2D eigenvalue weighted by molar-refractivity contribution is 5.79. The van der Waals surface area contributed by atoms with Gasteiger partial charge in [-0.2, -0.15) is 0 Å². The van der Waals surface area contributed by atoms with Crippen molar-refractivity contribution in [3.8, 4) is 0 Å². The average molecular weight is 240 g/mol. The number of fused-ring (bicyclic) bond motifs is 2. The van der Waals surface area contributed by atoms with Crippen molar-refractivity contribution in [3.05, 3.63) is 0 Å². The van der Waals surface area contributed by atoms with Crippen LogP contribution in [-0.2, 0) is 4.79 Å². The number of nitrogens with zero attached hydrogens (tertiary/aromatic N) is 1. The Morgan fingerprint density at radius 2 is 2.18 bits per heavy atom. The Morgan fingerprint density at radius 1 is 1.41 bits per heavy atom. The van der Waals surface area contributed by atoms with E-state index in [-0.39, 0.29) is 24.0 Å². The van der Waals surface area contributed by atoms with E-state index >= 15 is 0 Å². The molecule has 2 saturated heterocycles. The minimum Gasteiger partial charge on any atom is -0.481 e. The third-order valence-corrected chi connectivity index (χ3v) is 3.90. The van der Waals surface area contributed by atoms with Crippen molar-refractivity contribution >= 4 is 12.0 Å². The van der Waals surface area contributed by atoms with Crippen LogP contribution in [0.2, 0.25) is 0 Å². The van der Waals surface area contributed by atoms with Crippen molar-refractivity contribution in [1.29, 1.82) is 0 Å². The standard InChI is InChI=1S/C12H20N2O3/c1-2-3-6-13-12(17)14-8-4-5-10(14)9(7-8)11(15)16/h8-10H,2-7H2,1H3,(H,13,17)(H,15,16). The molecule has 2 fully saturated rings. The van der Waals surface area contributed by atoms with E-state index in [0.717, 1.165) is 25.7 Å². The predicted molar refractivity (Wildman–Crippen MR) is 62.7 cm³/mol. The maximum absolute atomic E-state index is 12.0. The quantitative estimate of drug-likeness (QED) is 0.730. The maximum atomic E-state index is 12.0. The summed E-state index contributed by atoms with van der Waals surface area (Å²) in [5.41, 5.74) is 0. The van der Waals surface area contributed by atoms with Crippen LogP contribution < -0.4 is 5.32 Å². The number of hydrogen-bond donors (Lipinski definition) is 2. The molecule has 0 aromatic rings. The van der Waals surface area contributed by atoms with Crippen molar-refractivity contribution in [2.24, 2.45) is 5.92 Å². The highest BCUT2D eigenvalue weighted by atomic mass is 16.4. The first-order chi connectivity index (χ1) is 8.15. The van der Waals surface area contributed by atoms with E-state index in [2.05, 4.69) is 12.2 Å². The lowest BCUT2D eigenvalue weighted by Crippen LogP contribution is -2.44. The van der Waals surface area contributed by atoms with Gasteiger partial charge in [-0.1, -0.05) is 13.3 Å². The molecule has 2 bridgehead atoms. The molecule has 96 valence electrons. The molecule has 2 N–H and O–H groups in total. The van der Waals surface area contributed by atoms with Gasteiger partial charge in [-0.3, -0.25) is 4.79 Å². The summed E-state index contributed by atoms with van der Waals surface area (Å²) in [6, 6.07) is -0.0171. The van der Waals surface area contributed by atoms with Gasteiger partial charge in [0.1, 0.15) is 0 Å². The molecular formula is C12H20N2O3. The fraction of sp³-hybridized carbons (Fsp3) is 0.833. The lowest BCUT2D eigenvalue weighted by atomic mass is 9.89. The van der Waals surface area contributed by atoms with E-state index in [1.165, 1.54) is 0 Å². The van der Waals surface area contributed by atoms with Gasteiger partial charge >= 0.3 is 12.0 Å². The minimum atomic E-state index is -0.761. The third-order valence-electron chi connectivity index (χ3n) is 3.90. The second-order valence-electron chi connectivity index (χ2n) is 4.97. The summed E-state index contributed by atoms with van der Waals surface area (Å²) >= 11 is 0. The first-order valence-electron chi connectivity index (χ1n) is 6.44. The van der Waals surface area contributed by atoms with Gasteiger partial charge in [0.2, 0.25) is 0 Å². The van der Waals surface area contributed by atoms with Crippen LogP contribution in [-0.4, -0.2) is 40.6 Å². The number of carboxylic acids is 1. The molecule has 3 unspecified atom stereocenters. The molecule has 5 heteroatoms. The number of amides is 2. The smallest absolute Gasteiger partial charge is 0.317 e. The molecule has 2 amide bonds. The number of rotatable bonds is 4. The first-order valence-corrected chi connectivity index (χ1v) is 6.44. The second-order valence-corrected chi connectivity index (χ2v) is 4.97. The molecule has 17 heavy (non-hydrogen) atoms. The Labute approximate surface area is 101 Å². The molecule has 0 radical (unpaired) electrons. The topological polar surface area (TPSA) is 69.6 Å². The highest BCUT2D eigenvalue weighted by Crippen LogP contribution is 2.41. The zero-order chi connectivity index (χ0) is 12.4. The Bertz CT molecular complexity index is 319. The van der Waals surface area contributed by atoms with Crippen molar-refractivity contribution in [1.82, 2.24) is 10.2 Å². The molecule has 0 spiro atoms. The molecular weight excluding hydrogens is 220 g/mol. The number of nitrogens with one attached hydrogen (secondary N) is 1. The number of hydrogen-bond acceptors (Lipinski definition) is 2. The predicted octanol–water partition coefficient (Wildman–Crippen LogP) is 1.43. The number of carboxylic acid groups (broad SMARTS) is 1. The second kappa shape index (κ2) is 4.94. The first kappa shape index (κ1) is 12.2. The monoisotopic (exact) mass is 240 g/mol. The number of carbonyl (C=O) groups excluding carboxylic acids is 1. The van der Waals surface area contributed by atoms with Gasteiger partial charge in [-0.05, 0) is 25.7 Å². The molecule has 2 aliphatic heterocycles. The molecule has 5 nitrogen and oxygen atoms in total. The van der Waals surface area contributed by atoms with E-state index in [1.54, 1.807) is 4.90 Å². The number of aliphatic carboxylic acids is 1. The van der Waals surface area contributed by atoms with Crippen LogP contribution in [0.1, 0.15) is 39.0 Å². The van der Waals surface area contributed by atoms with Gasteiger partial charge in [-0.15, -0.1) is 0 Å². The van der Waals surface area contributed by atoms with Gasteiger partial charge in [0.25, 0.3) is 0 Å². The summed E-state index contributed by atoms with van der Waals surface area (Å²) in [4.78, 5) is 24.8. The van der Waals surface area contributed by atoms with Crippen LogP contribution in [0.25, 0.3) is 0 Å². The largest absolute Gasteiger partial charge is 0.481 e. The number of unbranched alkanes of at least 4 members (excludes halogenated alkanes) is 1. The molecule has 0 aromatic carbocycles. The molecule has 2 rings (SSSR count). The fourth-order valence-electron chi connectivity index (χ4n) is 3.03. The molecule has 3 atom stereocenters. The Hall–Kier alpha value is -1.26. The molecule has 2 aliphatic rings. The van der Waals surface area contributed by atoms with Gasteiger partial charge in [0.05, 0.1) is 5.92 Å². The summed E-state index contributed by atoms with van der Waals surface area (Å²) in [5.74, 6) is -1.12. The third kappa shape index (κ3) is 2.23. The summed E-state index contributed by atoms with van der Waals surface area (Å²) in [6.07, 6.45) is 4.43. The van der Waals surface area contributed by atoms with Crippen LogP contribution in [0.15, 0.2) is 0 Å². The SMILES string of the molecule is CCCCNC(=O)N1C2CCC1C(C(=O)O)C2. The Morgan fingerprint density at radius 3 is 2.76 bits per heavy atom. The molecule has 0 aromatic heterocycles. The average Bonchev–Trinajstić information content (AvgIpc) is 2.86. The van der Waals surface area contributed by atoms with E-state index in [1.807, 2.05) is 0 Å². The summed E-state index contributed by atoms with van der Waals surface area (Å²) in [5, 5.41) is 12.0. The normalized spacial score (nSPS) is 30.6. The Kier molecular flexibility index (Phi) is 3.54. The van der Waals surface area contributed by atoms with Gasteiger partial charge in [0.15, 0.2) is 0 Å². The molecule has 0 aliphatic carbocycles. The van der Waals surface area contributed by atoms with Crippen molar-refractivity contribution < 1.29 is 14.7 Å². The summed E-state index contributed by atoms with van der Waals surface area (Å²) in [7, 11) is 0. The van der Waals surface area contributed by atoms with Crippen LogP contribution >= 0.6 is 0 Å². The summed E-state index contributed by atoms with van der Waals surface area (Å²) in [6.45, 7) is 2.76. The van der Waals surface area contributed by atoms with Crippen LogP contribution in [0.3, 0.4) is 0 Å². The van der Waals surface area contributed by atoms with Gasteiger partial charge in [-0.25, -0.2) is 4.79 Å². The van der Waals surface area contributed by atoms with Gasteiger partial charge in [0, 0.05) is 18.6 Å². The van der Waals surface area contributed by atoms with Crippen molar-refractivity contribution in [3.63, 3.8) is 0 Å². The van der Waals surface area contributed by atoms with E-state index < -0.39 is 5.97 Å². The maximum Gasteiger partial charge on any atom is 0.317 e. The molecule has 0 saturated carbocycles. The van der Waals surface area contributed by atoms with Crippen molar-refractivity contribution in [2.45, 2.75) is 51.1 Å². The molecule has 2 heterocycles. The zero-order valence-electron chi connectivity index (χ0n) is 10.2. The lowest BCUT2D eigenvalue weighted by molar-refractivity contribution is -0.142. The number of carbonyl (C=O) groups is 2. The van der Waals surface area contributed by atoms with Gasteiger partial charge < -0.3 is 15.3 Å².